The van der Waals surface area contributed by atoms with Gasteiger partial charge in [-0.15, -0.1) is 0 Å². The highest BCUT2D eigenvalue weighted by atomic mass is 16.5. The van der Waals surface area contributed by atoms with E-state index in [1.54, 1.807) is 0 Å². The van der Waals surface area contributed by atoms with Crippen LogP contribution in [0.3, 0.4) is 0 Å². The van der Waals surface area contributed by atoms with Crippen LogP contribution in [0.2, 0.25) is 0 Å². The Morgan fingerprint density at radius 1 is 1.09 bits per heavy atom. The smallest absolute Gasteiger partial charge is 0.307 e. The molecular weight excluding hydrogens is 592 g/mol. The molecule has 0 aromatic carbocycles. The van der Waals surface area contributed by atoms with Crippen molar-refractivity contribution in [2.45, 2.75) is 126 Å². The topological polar surface area (TPSA) is 120 Å². The van der Waals surface area contributed by atoms with Crippen LogP contribution < -0.4 is 11.1 Å². The molecule has 4 fully saturated rings. The second kappa shape index (κ2) is 12.4. The number of methoxy groups -OCH3 is 1. The van der Waals surface area contributed by atoms with E-state index in [0.29, 0.717) is 43.5 Å². The molecular formula is C39H66N2O6. The largest absolute Gasteiger partial charge is 0.481 e. The highest BCUT2D eigenvalue weighted by molar-refractivity contribution is 5.76. The van der Waals surface area contributed by atoms with E-state index in [-0.39, 0.29) is 57.7 Å². The van der Waals surface area contributed by atoms with Crippen LogP contribution in [-0.4, -0.2) is 68.2 Å². The zero-order chi connectivity index (χ0) is 35.0. The molecule has 1 amide bonds. The minimum absolute atomic E-state index is 0.105. The van der Waals surface area contributed by atoms with Crippen LogP contribution in [0.25, 0.3) is 0 Å². The van der Waals surface area contributed by atoms with Gasteiger partial charge in [0.1, 0.15) is 0 Å². The van der Waals surface area contributed by atoms with E-state index in [9.17, 15) is 14.7 Å². The summed E-state index contributed by atoms with van der Waals surface area (Å²) in [7, 11) is 1.81. The van der Waals surface area contributed by atoms with Gasteiger partial charge in [0.25, 0.3) is 0 Å². The van der Waals surface area contributed by atoms with Crippen LogP contribution in [0.4, 0.5) is 0 Å². The molecule has 3 saturated carbocycles. The van der Waals surface area contributed by atoms with Gasteiger partial charge in [0.05, 0.1) is 44.5 Å². The molecule has 2 bridgehead atoms. The molecule has 1 saturated heterocycles. The van der Waals surface area contributed by atoms with Crippen LogP contribution in [0.15, 0.2) is 11.6 Å². The van der Waals surface area contributed by atoms with Gasteiger partial charge in [-0.2, -0.15) is 0 Å². The van der Waals surface area contributed by atoms with Gasteiger partial charge in [-0.1, -0.05) is 74.0 Å². The van der Waals surface area contributed by atoms with Gasteiger partial charge < -0.3 is 30.4 Å². The number of primary amides is 1. The number of rotatable bonds is 11. The minimum Gasteiger partial charge on any atom is -0.481 e. The lowest BCUT2D eigenvalue weighted by molar-refractivity contribution is -0.270. The number of nitrogens with two attached hydrogens (primary N) is 1. The predicted octanol–water partition coefficient (Wildman–Crippen LogP) is 6.46. The van der Waals surface area contributed by atoms with Crippen molar-refractivity contribution >= 4 is 11.9 Å². The second-order valence-electron chi connectivity index (χ2n) is 18.4. The molecule has 8 heteroatoms. The molecule has 1 heterocycles. The zero-order valence-corrected chi connectivity index (χ0v) is 31.3. The lowest BCUT2D eigenvalue weighted by atomic mass is 9.34. The molecule has 5 rings (SSSR count). The summed E-state index contributed by atoms with van der Waals surface area (Å²) in [6, 6.07) is 0. The standard InChI is InChI=1S/C39H66N2O6/c1-23(2)25(5)34(6)16-17-36(8)26-12-13-29-35(7)20-46-22-39(29,27(26)14-15-37(36,9)31(34)33(43)44)18-28(45-11)32(35)47-21-38(10,24(3)4)41-19-30(40)42/h14,23-26,28-29,31-32,41H,12-13,15-22H2,1-11H3,(H2,40,42)(H,43,44)/t25-,26+,28-,29+,31-,32+,34-,35-,36-,37+,38+,39+/m1/s1. The van der Waals surface area contributed by atoms with Crippen molar-refractivity contribution in [2.75, 3.05) is 33.5 Å². The normalized spacial score (nSPS) is 44.9. The maximum absolute atomic E-state index is 13.4. The van der Waals surface area contributed by atoms with Crippen molar-refractivity contribution in [3.05, 3.63) is 11.6 Å². The number of carboxylic acid groups (broad SMARTS) is 1. The fraction of sp³-hybridized carbons (Fsp3) is 0.897. The lowest BCUT2D eigenvalue weighted by Gasteiger charge is -2.71. The van der Waals surface area contributed by atoms with Gasteiger partial charge in [-0.25, -0.2) is 0 Å². The first-order chi connectivity index (χ1) is 21.8. The number of fused-ring (bicyclic) bond motifs is 3. The minimum atomic E-state index is -0.624. The van der Waals surface area contributed by atoms with Crippen molar-refractivity contribution in [3.8, 4) is 0 Å². The maximum Gasteiger partial charge on any atom is 0.307 e. The molecule has 0 aromatic rings. The molecule has 4 N–H and O–H groups in total. The fourth-order valence-corrected chi connectivity index (χ4v) is 12.1. The third-order valence-corrected chi connectivity index (χ3v) is 15.9. The summed E-state index contributed by atoms with van der Waals surface area (Å²) in [4.78, 5) is 25.0. The van der Waals surface area contributed by atoms with Crippen molar-refractivity contribution in [3.63, 3.8) is 0 Å². The molecule has 47 heavy (non-hydrogen) atoms. The highest BCUT2D eigenvalue weighted by Crippen LogP contribution is 2.75. The molecule has 0 radical (unpaired) electrons. The van der Waals surface area contributed by atoms with Crippen molar-refractivity contribution in [2.24, 2.45) is 68.3 Å². The summed E-state index contributed by atoms with van der Waals surface area (Å²) in [5, 5.41) is 14.4. The monoisotopic (exact) mass is 658 g/mol. The van der Waals surface area contributed by atoms with Gasteiger partial charge in [-0.3, -0.25) is 9.59 Å². The lowest BCUT2D eigenvalue weighted by Crippen LogP contribution is -2.70. The second-order valence-corrected chi connectivity index (χ2v) is 18.4. The average molecular weight is 659 g/mol. The third-order valence-electron chi connectivity index (χ3n) is 15.9. The number of carboxylic acids is 1. The zero-order valence-electron chi connectivity index (χ0n) is 31.3. The van der Waals surface area contributed by atoms with E-state index in [1.807, 2.05) is 7.11 Å². The quantitative estimate of drug-likeness (QED) is 0.218. The molecule has 1 aliphatic heterocycles. The first-order valence-electron chi connectivity index (χ1n) is 18.5. The summed E-state index contributed by atoms with van der Waals surface area (Å²) < 4.78 is 19.9. The number of carbonyl (C=O) groups is 2. The Bertz CT molecular complexity index is 1250. The Balaban J connectivity index is 1.51. The van der Waals surface area contributed by atoms with Crippen LogP contribution in [-0.2, 0) is 23.8 Å². The summed E-state index contributed by atoms with van der Waals surface area (Å²) in [5.74, 6) is 0.258. The van der Waals surface area contributed by atoms with Crippen molar-refractivity contribution < 1.29 is 28.9 Å². The van der Waals surface area contributed by atoms with E-state index in [2.05, 4.69) is 80.6 Å². The number of ether oxygens (including phenoxy) is 3. The van der Waals surface area contributed by atoms with E-state index < -0.39 is 17.4 Å². The third kappa shape index (κ3) is 5.36. The Labute approximate surface area is 284 Å². The van der Waals surface area contributed by atoms with E-state index in [0.717, 1.165) is 38.5 Å². The van der Waals surface area contributed by atoms with E-state index in [1.165, 1.54) is 5.57 Å². The number of hydrogen-bond donors (Lipinski definition) is 3. The SMILES string of the molecule is CO[C@@H]1C[C@@]23COC[C@](C)([C@@H]2CC[C@H]2C3=CC[C@@]3(C)[C@H](C(=O)O)[C@@](C)([C@H](C)C(C)C)CC[C@]23C)[C@H]1OC[C@](C)(NCC(N)=O)C(C)C. The number of amides is 1. The first kappa shape index (κ1) is 36.8. The Morgan fingerprint density at radius 2 is 1.77 bits per heavy atom. The van der Waals surface area contributed by atoms with Crippen LogP contribution in [0.5, 0.6) is 0 Å². The fourth-order valence-electron chi connectivity index (χ4n) is 12.1. The van der Waals surface area contributed by atoms with Gasteiger partial charge >= 0.3 is 5.97 Å². The molecule has 12 atom stereocenters. The van der Waals surface area contributed by atoms with Crippen molar-refractivity contribution in [1.29, 1.82) is 0 Å². The first-order valence-corrected chi connectivity index (χ1v) is 18.5. The van der Waals surface area contributed by atoms with Crippen LogP contribution in [0.1, 0.15) is 108 Å². The molecule has 8 nitrogen and oxygen atoms in total. The highest BCUT2D eigenvalue weighted by Gasteiger charge is 2.71. The average Bonchev–Trinajstić information content (AvgIpc) is 2.98. The molecule has 5 aliphatic rings. The van der Waals surface area contributed by atoms with E-state index in [4.69, 9.17) is 19.9 Å². The number of allylic oxidation sites excluding steroid dienone is 1. The number of hydrogen-bond acceptors (Lipinski definition) is 6. The van der Waals surface area contributed by atoms with Gasteiger partial charge in [0, 0.05) is 23.5 Å². The molecule has 4 aliphatic carbocycles. The Hall–Kier alpha value is -1.48. The van der Waals surface area contributed by atoms with Crippen molar-refractivity contribution in [1.82, 2.24) is 5.32 Å². The van der Waals surface area contributed by atoms with Gasteiger partial charge in [0.2, 0.25) is 5.91 Å². The Kier molecular flexibility index (Phi) is 9.69. The maximum atomic E-state index is 13.4. The van der Waals surface area contributed by atoms with Crippen LogP contribution in [0, 0.1) is 62.6 Å². The predicted molar refractivity (Wildman–Crippen MR) is 185 cm³/mol. The van der Waals surface area contributed by atoms with Crippen LogP contribution >= 0.6 is 0 Å². The summed E-state index contributed by atoms with van der Waals surface area (Å²) >= 11 is 0. The number of nitrogens with one attached hydrogen (secondary N) is 1. The molecule has 0 aromatic heterocycles. The number of carbonyl (C=O) groups excluding carboxylic acids is 1. The summed E-state index contributed by atoms with van der Waals surface area (Å²) in [6.45, 7) is 24.4. The molecule has 0 unspecified atom stereocenters. The van der Waals surface area contributed by atoms with Gasteiger partial charge in [0.15, 0.2) is 0 Å². The molecule has 0 spiro atoms. The number of aliphatic carboxylic acids is 1. The molecule has 268 valence electrons. The summed E-state index contributed by atoms with van der Waals surface area (Å²) in [6.07, 6.45) is 7.97. The summed E-state index contributed by atoms with van der Waals surface area (Å²) in [5.41, 5.74) is 5.46. The van der Waals surface area contributed by atoms with Gasteiger partial charge in [-0.05, 0) is 91.3 Å². The Morgan fingerprint density at radius 3 is 2.34 bits per heavy atom. The van der Waals surface area contributed by atoms with E-state index >= 15 is 0 Å².